The summed E-state index contributed by atoms with van der Waals surface area (Å²) < 4.78 is 0. The first kappa shape index (κ1) is 10.6. The molecule has 0 radical (unpaired) electrons. The summed E-state index contributed by atoms with van der Waals surface area (Å²) in [5.74, 6) is 0.236. The molecule has 2 rings (SSSR count). The smallest absolute Gasteiger partial charge is 0.264 e. The van der Waals surface area contributed by atoms with E-state index in [9.17, 15) is 9.90 Å². The van der Waals surface area contributed by atoms with Crippen molar-refractivity contribution in [1.29, 1.82) is 0 Å². The topological polar surface area (TPSA) is 40.5 Å². The van der Waals surface area contributed by atoms with Crippen molar-refractivity contribution in [2.75, 3.05) is 13.1 Å². The maximum Gasteiger partial charge on any atom is 0.264 e. The zero-order chi connectivity index (χ0) is 11.1. The fraction of sp³-hybridized carbons (Fsp3) is 0.545. The van der Waals surface area contributed by atoms with Crippen molar-refractivity contribution in [2.24, 2.45) is 5.92 Å². The van der Waals surface area contributed by atoms with Crippen molar-refractivity contribution < 1.29 is 9.90 Å². The summed E-state index contributed by atoms with van der Waals surface area (Å²) >= 11 is 1.44. The lowest BCUT2D eigenvalue weighted by Gasteiger charge is -2.48. The van der Waals surface area contributed by atoms with Gasteiger partial charge in [0.2, 0.25) is 0 Å². The van der Waals surface area contributed by atoms with Gasteiger partial charge in [0, 0.05) is 0 Å². The van der Waals surface area contributed by atoms with E-state index in [1.54, 1.807) is 4.90 Å². The predicted octanol–water partition coefficient (Wildman–Crippen LogP) is 1.59. The summed E-state index contributed by atoms with van der Waals surface area (Å²) in [7, 11) is 0. The Hall–Kier alpha value is -0.870. The molecule has 4 heteroatoms. The van der Waals surface area contributed by atoms with Gasteiger partial charge in [0.15, 0.2) is 0 Å². The Bertz CT molecular complexity index is 353. The molecule has 0 bridgehead atoms. The molecule has 0 spiro atoms. The van der Waals surface area contributed by atoms with Gasteiger partial charge in [-0.1, -0.05) is 19.9 Å². The first-order chi connectivity index (χ1) is 7.03. The SMILES string of the molecule is CC(C)C1(O)CN(C(=O)c2cccs2)C1. The molecule has 1 aliphatic heterocycles. The molecule has 0 atom stereocenters. The van der Waals surface area contributed by atoms with Crippen molar-refractivity contribution in [3.8, 4) is 0 Å². The third-order valence-corrected chi connectivity index (χ3v) is 3.88. The lowest BCUT2D eigenvalue weighted by atomic mass is 9.83. The van der Waals surface area contributed by atoms with Gasteiger partial charge in [0.25, 0.3) is 5.91 Å². The zero-order valence-electron chi connectivity index (χ0n) is 8.93. The molecule has 1 N–H and O–H groups in total. The highest BCUT2D eigenvalue weighted by molar-refractivity contribution is 7.12. The molecule has 3 nitrogen and oxygen atoms in total. The number of likely N-dealkylation sites (tertiary alicyclic amines) is 1. The maximum atomic E-state index is 11.8. The molecule has 82 valence electrons. The Labute approximate surface area is 93.3 Å². The summed E-state index contributed by atoms with van der Waals surface area (Å²) in [6.07, 6.45) is 0. The summed E-state index contributed by atoms with van der Waals surface area (Å²) in [6.45, 7) is 4.88. The second-order valence-electron chi connectivity index (χ2n) is 4.40. The van der Waals surface area contributed by atoms with E-state index in [0.717, 1.165) is 4.88 Å². The minimum absolute atomic E-state index is 0.0373. The van der Waals surface area contributed by atoms with Crippen LogP contribution in [-0.4, -0.2) is 34.6 Å². The maximum absolute atomic E-state index is 11.8. The molecule has 0 aromatic carbocycles. The summed E-state index contributed by atoms with van der Waals surface area (Å²) in [4.78, 5) is 14.3. The third kappa shape index (κ3) is 1.79. The zero-order valence-corrected chi connectivity index (χ0v) is 9.75. The molecule has 0 saturated carbocycles. The molecule has 1 aliphatic rings. The highest BCUT2D eigenvalue weighted by atomic mass is 32.1. The molecule has 1 amide bonds. The van der Waals surface area contributed by atoms with Crippen LogP contribution in [-0.2, 0) is 0 Å². The van der Waals surface area contributed by atoms with Crippen LogP contribution >= 0.6 is 11.3 Å². The fourth-order valence-corrected chi connectivity index (χ4v) is 2.37. The van der Waals surface area contributed by atoms with Gasteiger partial charge in [-0.25, -0.2) is 0 Å². The number of hydrogen-bond acceptors (Lipinski definition) is 3. The van der Waals surface area contributed by atoms with Crippen LogP contribution in [0.15, 0.2) is 17.5 Å². The molecule has 15 heavy (non-hydrogen) atoms. The monoisotopic (exact) mass is 225 g/mol. The quantitative estimate of drug-likeness (QED) is 0.830. The van der Waals surface area contributed by atoms with Crippen LogP contribution in [0, 0.1) is 5.92 Å². The van der Waals surface area contributed by atoms with E-state index in [2.05, 4.69) is 0 Å². The van der Waals surface area contributed by atoms with Crippen LogP contribution in [0.25, 0.3) is 0 Å². The van der Waals surface area contributed by atoms with E-state index in [0.29, 0.717) is 13.1 Å². The number of carbonyl (C=O) groups is 1. The lowest BCUT2D eigenvalue weighted by molar-refractivity contribution is -0.110. The molecule has 1 saturated heterocycles. The Kier molecular flexibility index (Phi) is 2.56. The summed E-state index contributed by atoms with van der Waals surface area (Å²) in [5.41, 5.74) is -0.674. The largest absolute Gasteiger partial charge is 0.386 e. The lowest BCUT2D eigenvalue weighted by Crippen LogP contribution is -2.65. The molecule has 0 unspecified atom stereocenters. The molecule has 1 aromatic heterocycles. The predicted molar refractivity (Wildman–Crippen MR) is 60.0 cm³/mol. The van der Waals surface area contributed by atoms with E-state index in [4.69, 9.17) is 0 Å². The number of β-amino-alcohol motifs (C(OH)–C–C–N with tert-alkyl or cyclic N) is 1. The molecule has 1 aromatic rings. The average molecular weight is 225 g/mol. The van der Waals surface area contributed by atoms with Crippen LogP contribution in [0.3, 0.4) is 0 Å². The Balaban J connectivity index is 1.98. The average Bonchev–Trinajstić information content (AvgIpc) is 2.64. The van der Waals surface area contributed by atoms with Crippen LogP contribution in [0.1, 0.15) is 23.5 Å². The van der Waals surface area contributed by atoms with Crippen LogP contribution in [0.5, 0.6) is 0 Å². The fourth-order valence-electron chi connectivity index (χ4n) is 1.68. The number of hydrogen-bond donors (Lipinski definition) is 1. The Morgan fingerprint density at radius 3 is 2.73 bits per heavy atom. The van der Waals surface area contributed by atoms with Gasteiger partial charge in [-0.2, -0.15) is 0 Å². The number of aliphatic hydroxyl groups is 1. The molecule has 1 fully saturated rings. The first-order valence-corrected chi connectivity index (χ1v) is 5.96. The van der Waals surface area contributed by atoms with E-state index in [1.807, 2.05) is 31.4 Å². The number of thiophene rings is 1. The van der Waals surface area contributed by atoms with Gasteiger partial charge in [0.05, 0.1) is 18.0 Å². The van der Waals surface area contributed by atoms with Gasteiger partial charge in [0.1, 0.15) is 5.60 Å². The van der Waals surface area contributed by atoms with Crippen LogP contribution in [0.2, 0.25) is 0 Å². The van der Waals surface area contributed by atoms with Crippen LogP contribution < -0.4 is 0 Å². The van der Waals surface area contributed by atoms with Gasteiger partial charge in [-0.3, -0.25) is 4.79 Å². The van der Waals surface area contributed by atoms with E-state index in [1.165, 1.54) is 11.3 Å². The second-order valence-corrected chi connectivity index (χ2v) is 5.34. The van der Waals surface area contributed by atoms with Gasteiger partial charge >= 0.3 is 0 Å². The molecular weight excluding hydrogens is 210 g/mol. The van der Waals surface area contributed by atoms with Crippen molar-refractivity contribution in [2.45, 2.75) is 19.4 Å². The van der Waals surface area contributed by atoms with Crippen molar-refractivity contribution in [3.63, 3.8) is 0 Å². The Morgan fingerprint density at radius 2 is 2.27 bits per heavy atom. The second kappa shape index (κ2) is 3.61. The highest BCUT2D eigenvalue weighted by Crippen LogP contribution is 2.30. The van der Waals surface area contributed by atoms with E-state index < -0.39 is 5.60 Å². The van der Waals surface area contributed by atoms with Gasteiger partial charge in [-0.15, -0.1) is 11.3 Å². The van der Waals surface area contributed by atoms with E-state index in [-0.39, 0.29) is 11.8 Å². The third-order valence-electron chi connectivity index (χ3n) is 3.02. The molecule has 0 aliphatic carbocycles. The normalized spacial score (nSPS) is 19.1. The van der Waals surface area contributed by atoms with Crippen molar-refractivity contribution >= 4 is 17.2 Å². The minimum Gasteiger partial charge on any atom is -0.386 e. The van der Waals surface area contributed by atoms with Gasteiger partial charge < -0.3 is 10.0 Å². The molecular formula is C11H15NO2S. The Morgan fingerprint density at radius 1 is 1.60 bits per heavy atom. The standard InChI is InChI=1S/C11H15NO2S/c1-8(2)11(14)6-12(7-11)10(13)9-4-3-5-15-9/h3-5,8,14H,6-7H2,1-2H3. The van der Waals surface area contributed by atoms with Crippen LogP contribution in [0.4, 0.5) is 0 Å². The first-order valence-electron chi connectivity index (χ1n) is 5.08. The van der Waals surface area contributed by atoms with E-state index >= 15 is 0 Å². The number of carbonyl (C=O) groups excluding carboxylic acids is 1. The number of amides is 1. The van der Waals surface area contributed by atoms with Crippen molar-refractivity contribution in [1.82, 2.24) is 4.90 Å². The number of rotatable bonds is 2. The van der Waals surface area contributed by atoms with Crippen molar-refractivity contribution in [3.05, 3.63) is 22.4 Å². The highest BCUT2D eigenvalue weighted by Gasteiger charge is 2.46. The van der Waals surface area contributed by atoms with Gasteiger partial charge in [-0.05, 0) is 17.4 Å². The minimum atomic E-state index is -0.674. The summed E-state index contributed by atoms with van der Waals surface area (Å²) in [6, 6.07) is 3.69. The molecule has 2 heterocycles. The number of nitrogens with zero attached hydrogens (tertiary/aromatic N) is 1. The summed E-state index contributed by atoms with van der Waals surface area (Å²) in [5, 5.41) is 11.9.